The van der Waals surface area contributed by atoms with Crippen LogP contribution in [0.25, 0.3) is 0 Å². The zero-order valence-electron chi connectivity index (χ0n) is 19.7. The molecule has 1 heterocycles. The Kier molecular flexibility index (Phi) is 5.37. The number of ketones is 2. The van der Waals surface area contributed by atoms with Gasteiger partial charge in [0.2, 0.25) is 0 Å². The molecule has 1 spiro atoms. The fourth-order valence-electron chi connectivity index (χ4n) is 8.85. The number of carboxylic acids is 1. The maximum absolute atomic E-state index is 13.8. The van der Waals surface area contributed by atoms with E-state index in [-0.39, 0.29) is 47.3 Å². The number of carboxylic acid groups (broad SMARTS) is 1. The highest BCUT2D eigenvalue weighted by Gasteiger charge is 2.67. The van der Waals surface area contributed by atoms with Gasteiger partial charge in [-0.1, -0.05) is 20.8 Å². The van der Waals surface area contributed by atoms with Gasteiger partial charge in [-0.15, -0.1) is 0 Å². The highest BCUT2D eigenvalue weighted by atomic mass is 16.7. The lowest BCUT2D eigenvalue weighted by Crippen LogP contribution is -2.61. The molecule has 0 aromatic carbocycles. The molecule has 5 rings (SSSR count). The topological polar surface area (TPSA) is 89.9 Å². The number of aliphatic carboxylic acids is 1. The van der Waals surface area contributed by atoms with Crippen molar-refractivity contribution in [1.82, 2.24) is 0 Å². The average molecular weight is 447 g/mol. The van der Waals surface area contributed by atoms with E-state index in [1.807, 2.05) is 0 Å². The van der Waals surface area contributed by atoms with Crippen LogP contribution < -0.4 is 0 Å². The van der Waals surface area contributed by atoms with Crippen LogP contribution >= 0.6 is 0 Å². The number of Topliss-reactive ketones (excluding diaryl/α,β-unsaturated/α-hetero) is 2. The van der Waals surface area contributed by atoms with Gasteiger partial charge in [-0.25, -0.2) is 0 Å². The minimum Gasteiger partial charge on any atom is -0.481 e. The molecule has 8 atom stereocenters. The van der Waals surface area contributed by atoms with Crippen molar-refractivity contribution in [3.8, 4) is 0 Å². The molecular formula is C26H38O6. The predicted molar refractivity (Wildman–Crippen MR) is 117 cm³/mol. The summed E-state index contributed by atoms with van der Waals surface area (Å²) >= 11 is 0. The molecule has 0 amide bonds. The Hall–Kier alpha value is -1.27. The third-order valence-electron chi connectivity index (χ3n) is 10.7. The number of hydrogen-bond acceptors (Lipinski definition) is 5. The standard InChI is InChI=1S/C26H38O6/c1-15(4-7-22(29)30)17-5-6-18-23-19(13-21(28)25(17,18)3)24(2)8-9-26(31-10-11-32-26)14-16(24)12-20(23)27/h15-19,23H,4-14H2,1-3H3,(H,29,30)/t15-,16+,17+,18-,19-,23-,24-,25+/m0/s1. The van der Waals surface area contributed by atoms with Gasteiger partial charge in [-0.05, 0) is 60.7 Å². The van der Waals surface area contributed by atoms with Crippen LogP contribution in [0.1, 0.15) is 78.6 Å². The summed E-state index contributed by atoms with van der Waals surface area (Å²) < 4.78 is 12.0. The van der Waals surface area contributed by atoms with E-state index in [1.165, 1.54) is 0 Å². The molecule has 32 heavy (non-hydrogen) atoms. The first-order valence-corrected chi connectivity index (χ1v) is 12.7. The van der Waals surface area contributed by atoms with E-state index in [1.54, 1.807) is 0 Å². The van der Waals surface area contributed by atoms with Crippen LogP contribution in [-0.4, -0.2) is 41.6 Å². The quantitative estimate of drug-likeness (QED) is 0.694. The first kappa shape index (κ1) is 22.5. The van der Waals surface area contributed by atoms with E-state index in [0.717, 1.165) is 32.1 Å². The number of carbonyl (C=O) groups is 3. The zero-order chi connectivity index (χ0) is 22.9. The van der Waals surface area contributed by atoms with Gasteiger partial charge in [0.05, 0.1) is 13.2 Å². The Morgan fingerprint density at radius 1 is 1.09 bits per heavy atom. The Morgan fingerprint density at radius 2 is 1.81 bits per heavy atom. The van der Waals surface area contributed by atoms with Gasteiger partial charge in [0.15, 0.2) is 5.79 Å². The largest absolute Gasteiger partial charge is 0.481 e. The smallest absolute Gasteiger partial charge is 0.303 e. The van der Waals surface area contributed by atoms with E-state index < -0.39 is 17.2 Å². The number of rotatable bonds is 4. The molecule has 0 aromatic heterocycles. The molecule has 1 saturated heterocycles. The number of ether oxygens (including phenoxy) is 2. The van der Waals surface area contributed by atoms with E-state index >= 15 is 0 Å². The molecule has 0 bridgehead atoms. The third kappa shape index (κ3) is 3.15. The molecule has 5 aliphatic rings. The van der Waals surface area contributed by atoms with Crippen molar-refractivity contribution in [3.05, 3.63) is 0 Å². The van der Waals surface area contributed by atoms with Crippen molar-refractivity contribution < 1.29 is 29.0 Å². The first-order valence-electron chi connectivity index (χ1n) is 12.7. The van der Waals surface area contributed by atoms with Gasteiger partial charge in [-0.2, -0.15) is 0 Å². The summed E-state index contributed by atoms with van der Waals surface area (Å²) in [5.41, 5.74) is -0.519. The normalized spacial score (nSPS) is 45.9. The number of fused-ring (bicyclic) bond motifs is 5. The summed E-state index contributed by atoms with van der Waals surface area (Å²) in [6.07, 6.45) is 6.21. The van der Waals surface area contributed by atoms with Crippen LogP contribution in [0.5, 0.6) is 0 Å². The maximum atomic E-state index is 13.8. The van der Waals surface area contributed by atoms with E-state index in [4.69, 9.17) is 14.6 Å². The molecule has 4 aliphatic carbocycles. The first-order chi connectivity index (χ1) is 15.1. The van der Waals surface area contributed by atoms with Crippen LogP contribution in [0.15, 0.2) is 0 Å². The number of carbonyl (C=O) groups excluding carboxylic acids is 2. The second-order valence-corrected chi connectivity index (χ2v) is 11.9. The minimum atomic E-state index is -0.779. The summed E-state index contributed by atoms with van der Waals surface area (Å²) in [7, 11) is 0. The SMILES string of the molecule is C[C@@H](CCC(=O)O)[C@H]1CC[C@H]2[C@@H]3C(=O)C[C@@H]4CC5(CC[C@]4(C)[C@H]3CC(=O)[C@]12C)OCCO5. The van der Waals surface area contributed by atoms with Gasteiger partial charge >= 0.3 is 5.97 Å². The molecule has 6 heteroatoms. The lowest BCUT2D eigenvalue weighted by atomic mass is 9.43. The van der Waals surface area contributed by atoms with Gasteiger partial charge in [0.1, 0.15) is 11.6 Å². The Bertz CT molecular complexity index is 815. The molecule has 0 aromatic rings. The Labute approximate surface area is 190 Å². The summed E-state index contributed by atoms with van der Waals surface area (Å²) in [6.45, 7) is 7.78. The molecule has 5 fully saturated rings. The Balaban J connectivity index is 1.41. The highest BCUT2D eigenvalue weighted by molar-refractivity contribution is 5.92. The Morgan fingerprint density at radius 3 is 2.50 bits per heavy atom. The van der Waals surface area contributed by atoms with Crippen LogP contribution in [0.4, 0.5) is 0 Å². The fraction of sp³-hybridized carbons (Fsp3) is 0.885. The van der Waals surface area contributed by atoms with Crippen molar-refractivity contribution in [2.24, 2.45) is 46.3 Å². The summed E-state index contributed by atoms with van der Waals surface area (Å²) in [4.78, 5) is 38.6. The van der Waals surface area contributed by atoms with Gasteiger partial charge < -0.3 is 14.6 Å². The molecule has 0 unspecified atom stereocenters. The molecular weight excluding hydrogens is 408 g/mol. The monoisotopic (exact) mass is 446 g/mol. The average Bonchev–Trinajstić information content (AvgIpc) is 3.34. The number of hydrogen-bond donors (Lipinski definition) is 1. The van der Waals surface area contributed by atoms with Crippen LogP contribution in [0.2, 0.25) is 0 Å². The van der Waals surface area contributed by atoms with Crippen LogP contribution in [0, 0.1) is 46.3 Å². The molecule has 1 aliphatic heterocycles. The van der Waals surface area contributed by atoms with Gasteiger partial charge in [0, 0.05) is 43.4 Å². The van der Waals surface area contributed by atoms with E-state index in [2.05, 4.69) is 20.8 Å². The van der Waals surface area contributed by atoms with Gasteiger partial charge in [0.25, 0.3) is 0 Å². The maximum Gasteiger partial charge on any atom is 0.303 e. The minimum absolute atomic E-state index is 0.0247. The molecule has 178 valence electrons. The lowest BCUT2D eigenvalue weighted by Gasteiger charge is -2.60. The van der Waals surface area contributed by atoms with E-state index in [0.29, 0.717) is 44.0 Å². The molecule has 4 saturated carbocycles. The molecule has 1 N–H and O–H groups in total. The van der Waals surface area contributed by atoms with Crippen molar-refractivity contribution in [2.45, 2.75) is 84.3 Å². The van der Waals surface area contributed by atoms with Crippen LogP contribution in [0.3, 0.4) is 0 Å². The van der Waals surface area contributed by atoms with Crippen molar-refractivity contribution >= 4 is 17.5 Å². The molecule has 6 nitrogen and oxygen atoms in total. The van der Waals surface area contributed by atoms with E-state index in [9.17, 15) is 14.4 Å². The second kappa shape index (κ2) is 7.63. The highest BCUT2D eigenvalue weighted by Crippen LogP contribution is 2.67. The third-order valence-corrected chi connectivity index (χ3v) is 10.7. The zero-order valence-corrected chi connectivity index (χ0v) is 19.7. The molecule has 0 radical (unpaired) electrons. The van der Waals surface area contributed by atoms with Crippen molar-refractivity contribution in [1.29, 1.82) is 0 Å². The predicted octanol–water partition coefficient (Wildman–Crippen LogP) is 4.25. The fourth-order valence-corrected chi connectivity index (χ4v) is 8.85. The summed E-state index contributed by atoms with van der Waals surface area (Å²) in [6, 6.07) is 0. The van der Waals surface area contributed by atoms with Crippen molar-refractivity contribution in [2.75, 3.05) is 13.2 Å². The second-order valence-electron chi connectivity index (χ2n) is 11.9. The lowest BCUT2D eigenvalue weighted by molar-refractivity contribution is -0.225. The summed E-state index contributed by atoms with van der Waals surface area (Å²) in [5.74, 6) is 0.121. The van der Waals surface area contributed by atoms with Crippen LogP contribution in [-0.2, 0) is 23.9 Å². The van der Waals surface area contributed by atoms with Crippen molar-refractivity contribution in [3.63, 3.8) is 0 Å². The summed E-state index contributed by atoms with van der Waals surface area (Å²) in [5, 5.41) is 9.13. The van der Waals surface area contributed by atoms with Gasteiger partial charge in [-0.3, -0.25) is 14.4 Å².